The van der Waals surface area contributed by atoms with Gasteiger partial charge in [0, 0.05) is 0 Å². The molecule has 0 N–H and O–H groups in total. The molecule has 2 unspecified atom stereocenters. The first-order valence-electron chi connectivity index (χ1n) is 10.7. The monoisotopic (exact) mass is 304 g/mol. The van der Waals surface area contributed by atoms with Crippen LogP contribution in [0, 0.1) is 22.7 Å². The van der Waals surface area contributed by atoms with Gasteiger partial charge < -0.3 is 0 Å². The van der Waals surface area contributed by atoms with E-state index in [1.165, 1.54) is 64.2 Å². The van der Waals surface area contributed by atoms with E-state index in [1.807, 2.05) is 0 Å². The second-order valence-corrected chi connectivity index (χ2v) is 9.43. The van der Waals surface area contributed by atoms with Gasteiger partial charge in [0.1, 0.15) is 0 Å². The van der Waals surface area contributed by atoms with Crippen LogP contribution in [-0.2, 0) is 0 Å². The fourth-order valence-corrected chi connectivity index (χ4v) is 6.33. The Morgan fingerprint density at radius 2 is 0.818 bits per heavy atom. The summed E-state index contributed by atoms with van der Waals surface area (Å²) in [5.74, 6) is 2.08. The van der Waals surface area contributed by atoms with Gasteiger partial charge in [-0.25, -0.2) is 0 Å². The number of rotatable bonds is 0. The Morgan fingerprint density at radius 3 is 1.14 bits per heavy atom. The Morgan fingerprint density at radius 1 is 0.455 bits per heavy atom. The first-order valence-corrected chi connectivity index (χ1v) is 10.7. The summed E-state index contributed by atoms with van der Waals surface area (Å²) >= 11 is 0. The average Bonchev–Trinajstić information content (AvgIpc) is 2.51. The summed E-state index contributed by atoms with van der Waals surface area (Å²) in [5, 5.41) is 0. The molecule has 2 spiro atoms. The lowest BCUT2D eigenvalue weighted by atomic mass is 9.56. The van der Waals surface area contributed by atoms with Crippen LogP contribution >= 0.6 is 0 Å². The van der Waals surface area contributed by atoms with Gasteiger partial charge in [0.2, 0.25) is 0 Å². The normalized spacial score (nSPS) is 36.3. The third-order valence-electron chi connectivity index (χ3n) is 8.41. The lowest BCUT2D eigenvalue weighted by molar-refractivity contribution is 0.0171. The molecule has 0 radical (unpaired) electrons. The van der Waals surface area contributed by atoms with E-state index in [0.717, 1.165) is 22.7 Å². The highest BCUT2D eigenvalue weighted by Gasteiger charge is 2.42. The maximum atomic E-state index is 2.50. The van der Waals surface area contributed by atoms with Gasteiger partial charge in [0.25, 0.3) is 0 Å². The standard InChI is InChI=1S/C12H22.C10H18/c1-11-7-3-6-10-12(11)8-4-2-5-9-12;1-9-5-2-3-6-10(9)7-4-8-10/h11H,2-10H2,1H3;9H,2-8H2,1H3. The Balaban J connectivity index is 0.000000133. The molecule has 22 heavy (non-hydrogen) atoms. The molecule has 0 nitrogen and oxygen atoms in total. The van der Waals surface area contributed by atoms with Crippen molar-refractivity contribution < 1.29 is 0 Å². The van der Waals surface area contributed by atoms with Gasteiger partial charge in [-0.3, -0.25) is 0 Å². The fraction of sp³-hybridized carbons (Fsp3) is 1.00. The summed E-state index contributed by atoms with van der Waals surface area (Å²) < 4.78 is 0. The lowest BCUT2D eigenvalue weighted by Gasteiger charge is -2.49. The largest absolute Gasteiger partial charge is 0.0620 e. The molecule has 4 aliphatic rings. The molecule has 0 saturated heterocycles. The first-order chi connectivity index (χ1) is 10.7. The van der Waals surface area contributed by atoms with Gasteiger partial charge in [-0.1, -0.05) is 78.1 Å². The second kappa shape index (κ2) is 7.27. The van der Waals surface area contributed by atoms with Crippen LogP contribution in [0.4, 0.5) is 0 Å². The van der Waals surface area contributed by atoms with E-state index < -0.39 is 0 Å². The van der Waals surface area contributed by atoms with E-state index in [2.05, 4.69) is 13.8 Å². The van der Waals surface area contributed by atoms with E-state index in [-0.39, 0.29) is 0 Å². The minimum absolute atomic E-state index is 0.816. The van der Waals surface area contributed by atoms with Crippen LogP contribution in [-0.4, -0.2) is 0 Å². The van der Waals surface area contributed by atoms with Gasteiger partial charge in [0.05, 0.1) is 0 Å². The van der Waals surface area contributed by atoms with Crippen molar-refractivity contribution in [3.05, 3.63) is 0 Å². The van der Waals surface area contributed by atoms with Crippen molar-refractivity contribution in [2.24, 2.45) is 22.7 Å². The van der Waals surface area contributed by atoms with Crippen LogP contribution in [0.25, 0.3) is 0 Å². The van der Waals surface area contributed by atoms with Gasteiger partial charge >= 0.3 is 0 Å². The van der Waals surface area contributed by atoms with Crippen LogP contribution in [0.15, 0.2) is 0 Å². The smallest absolute Gasteiger partial charge is 0.0272 e. The molecule has 0 aromatic heterocycles. The molecule has 4 fully saturated rings. The fourth-order valence-electron chi connectivity index (χ4n) is 6.33. The van der Waals surface area contributed by atoms with Gasteiger partial charge in [-0.15, -0.1) is 0 Å². The molecule has 4 saturated carbocycles. The quantitative estimate of drug-likeness (QED) is 0.434. The summed E-state index contributed by atoms with van der Waals surface area (Å²) in [5.41, 5.74) is 1.68. The molecular formula is C22H40. The molecule has 0 heterocycles. The Bertz CT molecular complexity index is 324. The summed E-state index contributed by atoms with van der Waals surface area (Å²) in [6.07, 6.45) is 24.4. The Hall–Kier alpha value is 0. The zero-order chi connectivity index (χ0) is 15.5. The summed E-state index contributed by atoms with van der Waals surface area (Å²) in [6, 6.07) is 0. The zero-order valence-electron chi connectivity index (χ0n) is 15.5. The average molecular weight is 305 g/mol. The molecule has 0 heteroatoms. The van der Waals surface area contributed by atoms with Crippen molar-refractivity contribution in [1.29, 1.82) is 0 Å². The molecule has 2 atom stereocenters. The predicted molar refractivity (Wildman–Crippen MR) is 97.1 cm³/mol. The lowest BCUT2D eigenvalue weighted by Crippen LogP contribution is -2.38. The van der Waals surface area contributed by atoms with E-state index in [9.17, 15) is 0 Å². The predicted octanol–water partition coefficient (Wildman–Crippen LogP) is 7.51. The topological polar surface area (TPSA) is 0 Å². The van der Waals surface area contributed by atoms with Crippen LogP contribution in [0.3, 0.4) is 0 Å². The minimum Gasteiger partial charge on any atom is -0.0620 e. The van der Waals surface area contributed by atoms with E-state index >= 15 is 0 Å². The SMILES string of the molecule is CC1CCCCC12CCC2.CC1CCCCC12CCCCC2. The third kappa shape index (κ3) is 3.41. The maximum absolute atomic E-state index is 2.50. The maximum Gasteiger partial charge on any atom is -0.0272 e. The molecule has 0 aliphatic heterocycles. The highest BCUT2D eigenvalue weighted by Crippen LogP contribution is 2.54. The molecule has 0 aromatic rings. The van der Waals surface area contributed by atoms with Crippen LogP contribution in [0.5, 0.6) is 0 Å². The van der Waals surface area contributed by atoms with Crippen molar-refractivity contribution >= 4 is 0 Å². The molecule has 4 aliphatic carbocycles. The molecule has 0 bridgehead atoms. The van der Waals surface area contributed by atoms with E-state index in [4.69, 9.17) is 0 Å². The Labute approximate surface area is 139 Å². The van der Waals surface area contributed by atoms with Crippen molar-refractivity contribution in [1.82, 2.24) is 0 Å². The highest BCUT2D eigenvalue weighted by molar-refractivity contribution is 4.93. The van der Waals surface area contributed by atoms with E-state index in [1.54, 1.807) is 38.5 Å². The number of hydrogen-bond donors (Lipinski definition) is 0. The van der Waals surface area contributed by atoms with Crippen molar-refractivity contribution in [2.45, 2.75) is 117 Å². The van der Waals surface area contributed by atoms with Crippen LogP contribution in [0.1, 0.15) is 117 Å². The number of hydrogen-bond acceptors (Lipinski definition) is 0. The van der Waals surface area contributed by atoms with Gasteiger partial charge in [-0.05, 0) is 61.2 Å². The van der Waals surface area contributed by atoms with Gasteiger partial charge in [0.15, 0.2) is 0 Å². The van der Waals surface area contributed by atoms with Crippen LogP contribution in [0.2, 0.25) is 0 Å². The zero-order valence-corrected chi connectivity index (χ0v) is 15.5. The minimum atomic E-state index is 0.816. The first kappa shape index (κ1) is 16.8. The summed E-state index contributed by atoms with van der Waals surface area (Å²) in [6.45, 7) is 4.97. The van der Waals surface area contributed by atoms with E-state index in [0.29, 0.717) is 0 Å². The molecule has 4 rings (SSSR count). The highest BCUT2D eigenvalue weighted by atomic mass is 14.5. The summed E-state index contributed by atoms with van der Waals surface area (Å²) in [7, 11) is 0. The summed E-state index contributed by atoms with van der Waals surface area (Å²) in [4.78, 5) is 0. The molecule has 128 valence electrons. The van der Waals surface area contributed by atoms with Crippen molar-refractivity contribution in [3.8, 4) is 0 Å². The molecule has 0 amide bonds. The molecule has 0 aromatic carbocycles. The molecular weight excluding hydrogens is 264 g/mol. The third-order valence-corrected chi connectivity index (χ3v) is 8.41. The van der Waals surface area contributed by atoms with Crippen LogP contribution < -0.4 is 0 Å². The van der Waals surface area contributed by atoms with Gasteiger partial charge in [-0.2, -0.15) is 0 Å². The second-order valence-electron chi connectivity index (χ2n) is 9.43. The van der Waals surface area contributed by atoms with Crippen molar-refractivity contribution in [2.75, 3.05) is 0 Å². The Kier molecular flexibility index (Phi) is 5.56. The van der Waals surface area contributed by atoms with Crippen molar-refractivity contribution in [3.63, 3.8) is 0 Å².